The van der Waals surface area contributed by atoms with E-state index in [9.17, 15) is 9.90 Å². The first-order valence-corrected chi connectivity index (χ1v) is 11.1. The zero-order valence-corrected chi connectivity index (χ0v) is 18.4. The molecule has 0 aromatic heterocycles. The van der Waals surface area contributed by atoms with E-state index in [0.29, 0.717) is 0 Å². The van der Waals surface area contributed by atoms with Crippen molar-refractivity contribution in [3.05, 3.63) is 0 Å². The molecule has 1 atom stereocenters. The van der Waals surface area contributed by atoms with E-state index in [0.717, 1.165) is 25.9 Å². The molecule has 0 aliphatic heterocycles. The minimum Gasteiger partial charge on any atom is -0.550 e. The number of nitrogens with zero attached hydrogens (tertiary/aromatic N) is 1. The van der Waals surface area contributed by atoms with E-state index < -0.39 is 5.97 Å². The number of unbranched alkanes of at least 4 members (excludes halogenated alkanes) is 10. The molecule has 0 aromatic rings. The maximum absolute atomic E-state index is 11.1. The van der Waals surface area contributed by atoms with E-state index >= 15 is 0 Å². The minimum absolute atomic E-state index is 0. The van der Waals surface area contributed by atoms with Crippen molar-refractivity contribution in [2.45, 2.75) is 123 Å². The van der Waals surface area contributed by atoms with Gasteiger partial charge in [0.15, 0.2) is 0 Å². The number of hydrogen-bond acceptors (Lipinski definition) is 3. The summed E-state index contributed by atoms with van der Waals surface area (Å²) in [4.78, 5) is 13.6. The summed E-state index contributed by atoms with van der Waals surface area (Å²) < 4.78 is 0. The first kappa shape index (κ1) is 28.2. The van der Waals surface area contributed by atoms with Crippen LogP contribution in [0.4, 0.5) is 0 Å². The topological polar surface area (TPSA) is 43.4 Å². The first-order chi connectivity index (χ1) is 12.2. The van der Waals surface area contributed by atoms with Crippen LogP contribution in [0.2, 0.25) is 0 Å². The van der Waals surface area contributed by atoms with Crippen molar-refractivity contribution in [1.82, 2.24) is 4.90 Å². The molecule has 0 spiro atoms. The van der Waals surface area contributed by atoms with Gasteiger partial charge in [-0.2, -0.15) is 0 Å². The molecule has 0 aliphatic rings. The van der Waals surface area contributed by atoms with Crippen molar-refractivity contribution in [3.8, 4) is 0 Å². The van der Waals surface area contributed by atoms with Crippen LogP contribution in [0, 0.1) is 0 Å². The summed E-state index contributed by atoms with van der Waals surface area (Å²) in [6.45, 7) is 8.75. The fourth-order valence-electron chi connectivity index (χ4n) is 3.61. The van der Waals surface area contributed by atoms with Crippen LogP contribution in [0.25, 0.3) is 0 Å². The molecule has 4 heteroatoms. The van der Waals surface area contributed by atoms with Gasteiger partial charge in [-0.3, -0.25) is 0 Å². The van der Waals surface area contributed by atoms with Crippen molar-refractivity contribution < 1.29 is 28.8 Å². The van der Waals surface area contributed by atoms with E-state index in [4.69, 9.17) is 0 Å². The summed E-state index contributed by atoms with van der Waals surface area (Å²) in [5.74, 6) is -0.894. The zero-order valence-electron chi connectivity index (χ0n) is 18.4. The van der Waals surface area contributed by atoms with Gasteiger partial charge in [-0.1, -0.05) is 91.4 Å². The van der Waals surface area contributed by atoms with Gasteiger partial charge in [0.1, 0.15) is 0 Å². The predicted molar refractivity (Wildman–Crippen MR) is 107 cm³/mol. The average molecular weight is 362 g/mol. The van der Waals surface area contributed by atoms with E-state index in [-0.39, 0.29) is 31.3 Å². The van der Waals surface area contributed by atoms with Gasteiger partial charge in [0.2, 0.25) is 0 Å². The Bertz CT molecular complexity index is 284. The molecule has 26 heavy (non-hydrogen) atoms. The predicted octanol–water partition coefficient (Wildman–Crippen LogP) is 2.32. The van der Waals surface area contributed by atoms with E-state index in [1.54, 1.807) is 0 Å². The molecule has 0 radical (unpaired) electrons. The van der Waals surface area contributed by atoms with Gasteiger partial charge < -0.3 is 14.8 Å². The fraction of sp³-hybridized carbons (Fsp3) is 0.955. The molecule has 0 aromatic carbocycles. The Labute approximate surface area is 175 Å². The Morgan fingerprint density at radius 1 is 0.731 bits per heavy atom. The maximum atomic E-state index is 11.1. The van der Waals surface area contributed by atoms with Gasteiger partial charge >= 0.3 is 18.9 Å². The van der Waals surface area contributed by atoms with Gasteiger partial charge in [0, 0.05) is 18.4 Å². The quantitative estimate of drug-likeness (QED) is 0.262. The Balaban J connectivity index is 0. The van der Waals surface area contributed by atoms with Crippen LogP contribution in [0.5, 0.6) is 0 Å². The van der Waals surface area contributed by atoms with Gasteiger partial charge in [0.25, 0.3) is 0 Å². The molecule has 0 heterocycles. The summed E-state index contributed by atoms with van der Waals surface area (Å²) >= 11 is 0. The Kier molecular flexibility index (Phi) is 23.2. The van der Waals surface area contributed by atoms with Crippen molar-refractivity contribution >= 4 is 5.97 Å². The third kappa shape index (κ3) is 17.4. The van der Waals surface area contributed by atoms with Crippen LogP contribution >= 0.6 is 0 Å². The summed E-state index contributed by atoms with van der Waals surface area (Å²) in [7, 11) is 0. The molecule has 1 unspecified atom stereocenters. The number of carbonyl (C=O) groups excluding carboxylic acids is 1. The monoisotopic (exact) mass is 361 g/mol. The molecule has 150 valence electrons. The number of carboxylic acids is 1. The summed E-state index contributed by atoms with van der Waals surface area (Å²) in [5.41, 5.74) is 0. The minimum atomic E-state index is -0.894. The summed E-state index contributed by atoms with van der Waals surface area (Å²) in [6, 6.07) is 0.168. The smallest absolute Gasteiger partial charge is 0.550 e. The molecule has 0 aliphatic carbocycles. The second-order valence-electron chi connectivity index (χ2n) is 7.59. The Morgan fingerprint density at radius 2 is 1.15 bits per heavy atom. The van der Waals surface area contributed by atoms with Crippen LogP contribution in [0.3, 0.4) is 0 Å². The number of aliphatic carboxylic acids is 1. The van der Waals surface area contributed by atoms with Crippen LogP contribution < -0.4 is 24.0 Å². The number of hydrogen-bond donors (Lipinski definition) is 0. The van der Waals surface area contributed by atoms with Crippen molar-refractivity contribution in [3.63, 3.8) is 0 Å². The second-order valence-corrected chi connectivity index (χ2v) is 7.59. The van der Waals surface area contributed by atoms with Crippen LogP contribution in [0.1, 0.15) is 117 Å². The summed E-state index contributed by atoms with van der Waals surface area (Å²) in [6.07, 6.45) is 17.7. The molecule has 0 amide bonds. The van der Waals surface area contributed by atoms with Crippen LogP contribution in [-0.4, -0.2) is 30.0 Å². The van der Waals surface area contributed by atoms with E-state index in [1.807, 2.05) is 0 Å². The van der Waals surface area contributed by atoms with Crippen molar-refractivity contribution in [2.24, 2.45) is 0 Å². The molecular formula is C22H44LiNO2. The van der Waals surface area contributed by atoms with Gasteiger partial charge in [-0.15, -0.1) is 0 Å². The number of carboxylic acid groups (broad SMARTS) is 1. The molecule has 0 saturated heterocycles. The molecule has 0 N–H and O–H groups in total. The maximum Gasteiger partial charge on any atom is 1.00 e. The van der Waals surface area contributed by atoms with Gasteiger partial charge in [0.05, 0.1) is 0 Å². The van der Waals surface area contributed by atoms with E-state index in [1.165, 1.54) is 77.0 Å². The third-order valence-electron chi connectivity index (χ3n) is 5.14. The molecule has 0 bridgehead atoms. The zero-order chi connectivity index (χ0) is 18.8. The average Bonchev–Trinajstić information content (AvgIpc) is 2.58. The first-order valence-electron chi connectivity index (χ1n) is 11.1. The van der Waals surface area contributed by atoms with Crippen molar-refractivity contribution in [1.29, 1.82) is 0 Å². The number of carbonyl (C=O) groups is 1. The van der Waals surface area contributed by atoms with E-state index in [2.05, 4.69) is 25.7 Å². The normalized spacial score (nSPS) is 12.2. The van der Waals surface area contributed by atoms with Crippen LogP contribution in [-0.2, 0) is 4.79 Å². The molecule has 0 saturated carbocycles. The largest absolute Gasteiger partial charge is 1.00 e. The molecule has 0 rings (SSSR count). The van der Waals surface area contributed by atoms with Crippen molar-refractivity contribution in [2.75, 3.05) is 13.1 Å². The second kappa shape index (κ2) is 21.3. The molecular weight excluding hydrogens is 317 g/mol. The summed E-state index contributed by atoms with van der Waals surface area (Å²) in [5, 5.41) is 11.1. The Hall–Kier alpha value is 0.0274. The SMILES string of the molecule is CCCCCCCCN(CCCCCCCC)C(CCC)CC(=O)[O-].[Li+]. The molecule has 0 fully saturated rings. The fourth-order valence-corrected chi connectivity index (χ4v) is 3.61. The molecule has 3 nitrogen and oxygen atoms in total. The Morgan fingerprint density at radius 3 is 1.54 bits per heavy atom. The van der Waals surface area contributed by atoms with Gasteiger partial charge in [-0.25, -0.2) is 0 Å². The van der Waals surface area contributed by atoms with Crippen LogP contribution in [0.15, 0.2) is 0 Å². The number of rotatable bonds is 19. The van der Waals surface area contributed by atoms with Gasteiger partial charge in [-0.05, 0) is 32.4 Å². The third-order valence-corrected chi connectivity index (χ3v) is 5.14. The standard InChI is InChI=1S/C22H45NO2.Li/c1-4-7-9-11-13-15-18-23(19-16-14-12-10-8-5-2)21(17-6-3)20-22(24)25;/h21H,4-20H2,1-3H3,(H,24,25);/q;+1/p-1.